The molecule has 0 saturated heterocycles. The molecule has 2 aromatic rings. The van der Waals surface area contributed by atoms with Crippen molar-refractivity contribution in [3.05, 3.63) is 67.1 Å². The molecule has 2 rings (SSSR count). The summed E-state index contributed by atoms with van der Waals surface area (Å²) in [6.07, 6.45) is -0.0583. The maximum atomic E-state index is 10.3. The molecular formula is C15H13Br2ClO. The summed E-state index contributed by atoms with van der Waals surface area (Å²) in [6.45, 7) is 2.01. The summed E-state index contributed by atoms with van der Waals surface area (Å²) in [4.78, 5) is 0. The van der Waals surface area contributed by atoms with E-state index in [1.54, 1.807) is 0 Å². The molecule has 1 nitrogen and oxygen atoms in total. The molecule has 1 unspecified atom stereocenters. The number of aliphatic hydroxyl groups excluding tert-OH is 1. The van der Waals surface area contributed by atoms with Gasteiger partial charge in [0.15, 0.2) is 0 Å². The van der Waals surface area contributed by atoms with Crippen LogP contribution in [0.3, 0.4) is 0 Å². The van der Waals surface area contributed by atoms with Gasteiger partial charge in [-0.2, -0.15) is 0 Å². The van der Waals surface area contributed by atoms with Crippen molar-refractivity contribution in [2.24, 2.45) is 0 Å². The number of rotatable bonds is 3. The van der Waals surface area contributed by atoms with Gasteiger partial charge in [-0.05, 0) is 47.9 Å². The molecule has 1 N–H and O–H groups in total. The first-order valence-electron chi connectivity index (χ1n) is 5.85. The van der Waals surface area contributed by atoms with Gasteiger partial charge in [-0.25, -0.2) is 0 Å². The second kappa shape index (κ2) is 6.40. The maximum absolute atomic E-state index is 10.3. The Morgan fingerprint density at radius 3 is 2.47 bits per heavy atom. The zero-order valence-corrected chi connectivity index (χ0v) is 14.3. The van der Waals surface area contributed by atoms with E-state index < -0.39 is 6.10 Å². The molecule has 0 amide bonds. The zero-order valence-electron chi connectivity index (χ0n) is 10.3. The van der Waals surface area contributed by atoms with E-state index in [4.69, 9.17) is 11.6 Å². The third-order valence-corrected chi connectivity index (χ3v) is 4.18. The van der Waals surface area contributed by atoms with Crippen molar-refractivity contribution in [1.29, 1.82) is 0 Å². The Morgan fingerprint density at radius 1 is 1.11 bits per heavy atom. The first-order valence-corrected chi connectivity index (χ1v) is 7.81. The number of hydrogen-bond donors (Lipinski definition) is 1. The minimum atomic E-state index is -0.560. The van der Waals surface area contributed by atoms with Crippen LogP contribution in [-0.4, -0.2) is 5.11 Å². The summed E-state index contributed by atoms with van der Waals surface area (Å²) >= 11 is 13.0. The predicted octanol–water partition coefficient (Wildman–Crippen LogP) is 5.45. The smallest absolute Gasteiger partial charge is 0.0831 e. The van der Waals surface area contributed by atoms with Crippen LogP contribution in [0.2, 0.25) is 5.02 Å². The van der Waals surface area contributed by atoms with Crippen molar-refractivity contribution in [3.63, 3.8) is 0 Å². The Labute approximate surface area is 134 Å². The van der Waals surface area contributed by atoms with Crippen molar-refractivity contribution < 1.29 is 5.11 Å². The van der Waals surface area contributed by atoms with Crippen molar-refractivity contribution in [2.75, 3.05) is 0 Å². The maximum Gasteiger partial charge on any atom is 0.0831 e. The fourth-order valence-corrected chi connectivity index (χ4v) is 3.35. The lowest BCUT2D eigenvalue weighted by Crippen LogP contribution is -2.03. The van der Waals surface area contributed by atoms with Crippen LogP contribution in [0.4, 0.5) is 0 Å². The van der Waals surface area contributed by atoms with Crippen LogP contribution in [0.15, 0.2) is 45.3 Å². The standard InChI is InChI=1S/C15H13Br2ClO/c1-9-4-11(6-13(17)5-9)15(19)7-10-2-3-12(16)8-14(10)18/h2-6,8,15,19H,7H2,1H3. The van der Waals surface area contributed by atoms with Crippen molar-refractivity contribution in [2.45, 2.75) is 19.4 Å². The zero-order chi connectivity index (χ0) is 14.0. The second-order valence-corrected chi connectivity index (χ2v) is 6.76. The molecule has 0 aliphatic carbocycles. The Hall–Kier alpha value is -0.350. The van der Waals surface area contributed by atoms with Gasteiger partial charge in [0.2, 0.25) is 0 Å². The van der Waals surface area contributed by atoms with Gasteiger partial charge in [0, 0.05) is 20.4 Å². The van der Waals surface area contributed by atoms with Crippen LogP contribution in [0, 0.1) is 6.92 Å². The van der Waals surface area contributed by atoms with Crippen LogP contribution < -0.4 is 0 Å². The summed E-state index contributed by atoms with van der Waals surface area (Å²) in [5, 5.41) is 11.0. The highest BCUT2D eigenvalue weighted by molar-refractivity contribution is 9.10. The van der Waals surface area contributed by atoms with Gasteiger partial charge in [-0.15, -0.1) is 0 Å². The highest BCUT2D eigenvalue weighted by Crippen LogP contribution is 2.28. The fourth-order valence-electron chi connectivity index (χ4n) is 1.97. The van der Waals surface area contributed by atoms with E-state index in [0.29, 0.717) is 11.4 Å². The molecule has 4 heteroatoms. The molecule has 0 aliphatic heterocycles. The van der Waals surface area contributed by atoms with E-state index in [-0.39, 0.29) is 0 Å². The monoisotopic (exact) mass is 402 g/mol. The van der Waals surface area contributed by atoms with Crippen LogP contribution in [0.5, 0.6) is 0 Å². The van der Waals surface area contributed by atoms with E-state index in [1.807, 2.05) is 43.3 Å². The molecular weight excluding hydrogens is 391 g/mol. The molecule has 0 spiro atoms. The second-order valence-electron chi connectivity index (χ2n) is 4.52. The number of halogens is 3. The summed E-state index contributed by atoms with van der Waals surface area (Å²) in [5.41, 5.74) is 2.95. The van der Waals surface area contributed by atoms with E-state index in [0.717, 1.165) is 25.6 Å². The largest absolute Gasteiger partial charge is 0.388 e. The topological polar surface area (TPSA) is 20.2 Å². The lowest BCUT2D eigenvalue weighted by Gasteiger charge is -2.13. The van der Waals surface area contributed by atoms with E-state index in [1.165, 1.54) is 0 Å². The first-order chi connectivity index (χ1) is 8.95. The molecule has 100 valence electrons. The number of aliphatic hydroxyl groups is 1. The van der Waals surface area contributed by atoms with Crippen molar-refractivity contribution in [1.82, 2.24) is 0 Å². The Morgan fingerprint density at radius 2 is 1.84 bits per heavy atom. The molecule has 1 atom stereocenters. The van der Waals surface area contributed by atoms with Crippen LogP contribution in [0.25, 0.3) is 0 Å². The van der Waals surface area contributed by atoms with Gasteiger partial charge in [-0.3, -0.25) is 0 Å². The Balaban J connectivity index is 2.22. The van der Waals surface area contributed by atoms with E-state index in [9.17, 15) is 5.11 Å². The number of hydrogen-bond acceptors (Lipinski definition) is 1. The number of aryl methyl sites for hydroxylation is 1. The van der Waals surface area contributed by atoms with Crippen molar-refractivity contribution >= 4 is 43.5 Å². The average Bonchev–Trinajstić information content (AvgIpc) is 2.31. The molecule has 0 saturated carbocycles. The van der Waals surface area contributed by atoms with Gasteiger partial charge in [0.1, 0.15) is 0 Å². The minimum absolute atomic E-state index is 0.502. The summed E-state index contributed by atoms with van der Waals surface area (Å²) in [6, 6.07) is 11.6. The molecule has 0 aromatic heterocycles. The molecule has 0 radical (unpaired) electrons. The average molecular weight is 405 g/mol. The summed E-state index contributed by atoms with van der Waals surface area (Å²) < 4.78 is 1.91. The normalized spacial score (nSPS) is 12.5. The van der Waals surface area contributed by atoms with Gasteiger partial charge in [0.25, 0.3) is 0 Å². The SMILES string of the molecule is Cc1cc(Br)cc(C(O)Cc2ccc(Br)cc2Cl)c1. The highest BCUT2D eigenvalue weighted by atomic mass is 79.9. The van der Waals surface area contributed by atoms with Gasteiger partial charge < -0.3 is 5.11 Å². The molecule has 0 bridgehead atoms. The number of benzene rings is 2. The van der Waals surface area contributed by atoms with Gasteiger partial charge in [-0.1, -0.05) is 55.6 Å². The van der Waals surface area contributed by atoms with Crippen molar-refractivity contribution in [3.8, 4) is 0 Å². The quantitative estimate of drug-likeness (QED) is 0.721. The third-order valence-electron chi connectivity index (χ3n) is 2.88. The summed E-state index contributed by atoms with van der Waals surface area (Å²) in [5.74, 6) is 0. The molecule has 0 aliphatic rings. The van der Waals surface area contributed by atoms with E-state index >= 15 is 0 Å². The molecule has 19 heavy (non-hydrogen) atoms. The Bertz CT molecular complexity index is 578. The van der Waals surface area contributed by atoms with Gasteiger partial charge >= 0.3 is 0 Å². The fraction of sp³-hybridized carbons (Fsp3) is 0.200. The summed E-state index contributed by atoms with van der Waals surface area (Å²) in [7, 11) is 0. The first kappa shape index (κ1) is 15.0. The predicted molar refractivity (Wildman–Crippen MR) is 86.7 cm³/mol. The molecule has 2 aromatic carbocycles. The van der Waals surface area contributed by atoms with Crippen LogP contribution in [-0.2, 0) is 6.42 Å². The van der Waals surface area contributed by atoms with Crippen LogP contribution in [0.1, 0.15) is 22.8 Å². The lowest BCUT2D eigenvalue weighted by atomic mass is 10.00. The molecule has 0 fully saturated rings. The van der Waals surface area contributed by atoms with Gasteiger partial charge in [0.05, 0.1) is 6.10 Å². The molecule has 0 heterocycles. The highest BCUT2D eigenvalue weighted by Gasteiger charge is 2.12. The van der Waals surface area contributed by atoms with Crippen LogP contribution >= 0.6 is 43.5 Å². The third kappa shape index (κ3) is 4.06. The lowest BCUT2D eigenvalue weighted by molar-refractivity contribution is 0.178. The van der Waals surface area contributed by atoms with E-state index in [2.05, 4.69) is 31.9 Å². The Kier molecular flexibility index (Phi) is 5.07. The minimum Gasteiger partial charge on any atom is -0.388 e.